The van der Waals surface area contributed by atoms with E-state index >= 15 is 0 Å². The van der Waals surface area contributed by atoms with Gasteiger partial charge in [-0.1, -0.05) is 30.3 Å². The summed E-state index contributed by atoms with van der Waals surface area (Å²) in [5.74, 6) is -6.34. The molecule has 0 saturated carbocycles. The zero-order chi connectivity index (χ0) is 20.5. The minimum Gasteiger partial charge on any atom is -0.375 e. The standard InChI is InChI=1S/C17H11F6NO3/c18-13-6-4-11(5-7-13)8-9-15(25,16(19,20)17(21,22)23)12-2-1-3-14(10-12)24(26)27/h1-10,25H/b9-8+. The summed E-state index contributed by atoms with van der Waals surface area (Å²) < 4.78 is 79.9. The molecule has 0 saturated heterocycles. The molecule has 10 heteroatoms. The van der Waals surface area contributed by atoms with Crippen LogP contribution in [0.1, 0.15) is 11.1 Å². The Morgan fingerprint density at radius 3 is 2.11 bits per heavy atom. The molecule has 1 unspecified atom stereocenters. The second-order valence-electron chi connectivity index (χ2n) is 5.53. The van der Waals surface area contributed by atoms with Crippen LogP contribution < -0.4 is 0 Å². The predicted molar refractivity (Wildman–Crippen MR) is 83.4 cm³/mol. The summed E-state index contributed by atoms with van der Waals surface area (Å²) in [6, 6.07) is 6.94. The third-order valence-electron chi connectivity index (χ3n) is 3.72. The lowest BCUT2D eigenvalue weighted by Gasteiger charge is -2.34. The Morgan fingerprint density at radius 1 is 1.00 bits per heavy atom. The number of nitrogens with zero attached hydrogens (tertiary/aromatic N) is 1. The fraction of sp³-hybridized carbons (Fsp3) is 0.176. The molecule has 0 fully saturated rings. The van der Waals surface area contributed by atoms with E-state index in [1.165, 1.54) is 0 Å². The average molecular weight is 391 g/mol. The highest BCUT2D eigenvalue weighted by Gasteiger charge is 2.69. The lowest BCUT2D eigenvalue weighted by molar-refractivity contribution is -0.385. The van der Waals surface area contributed by atoms with Crippen LogP contribution in [0.25, 0.3) is 6.08 Å². The summed E-state index contributed by atoms with van der Waals surface area (Å²) in [6.07, 6.45) is -5.25. The van der Waals surface area contributed by atoms with Gasteiger partial charge in [0.25, 0.3) is 5.69 Å². The van der Waals surface area contributed by atoms with E-state index in [1.807, 2.05) is 0 Å². The van der Waals surface area contributed by atoms with Crippen LogP contribution in [-0.4, -0.2) is 22.1 Å². The van der Waals surface area contributed by atoms with Gasteiger partial charge in [0.1, 0.15) is 5.82 Å². The fourth-order valence-electron chi connectivity index (χ4n) is 2.25. The zero-order valence-electron chi connectivity index (χ0n) is 13.3. The number of halogens is 6. The molecule has 0 bridgehead atoms. The summed E-state index contributed by atoms with van der Waals surface area (Å²) in [7, 11) is 0. The molecule has 2 rings (SSSR count). The Kier molecular flexibility index (Phi) is 5.32. The van der Waals surface area contributed by atoms with Gasteiger partial charge in [-0.05, 0) is 23.8 Å². The van der Waals surface area contributed by atoms with Crippen LogP contribution in [0, 0.1) is 15.9 Å². The quantitative estimate of drug-likeness (QED) is 0.451. The van der Waals surface area contributed by atoms with E-state index in [0.29, 0.717) is 12.1 Å². The number of hydrogen-bond acceptors (Lipinski definition) is 3. The van der Waals surface area contributed by atoms with E-state index in [2.05, 4.69) is 0 Å². The monoisotopic (exact) mass is 391 g/mol. The first kappa shape index (κ1) is 20.4. The van der Waals surface area contributed by atoms with Crippen LogP contribution in [0.5, 0.6) is 0 Å². The van der Waals surface area contributed by atoms with Gasteiger partial charge in [0.15, 0.2) is 5.60 Å². The first-order valence-corrected chi connectivity index (χ1v) is 7.25. The largest absolute Gasteiger partial charge is 0.457 e. The van der Waals surface area contributed by atoms with E-state index in [9.17, 15) is 41.6 Å². The Bertz CT molecular complexity index is 864. The molecule has 144 valence electrons. The number of rotatable bonds is 5. The third kappa shape index (κ3) is 3.95. The van der Waals surface area contributed by atoms with Crippen LogP contribution in [0.2, 0.25) is 0 Å². The van der Waals surface area contributed by atoms with Crippen molar-refractivity contribution in [1.29, 1.82) is 0 Å². The maximum Gasteiger partial charge on any atom is 0.457 e. The lowest BCUT2D eigenvalue weighted by Crippen LogP contribution is -2.53. The van der Waals surface area contributed by atoms with Gasteiger partial charge in [0.2, 0.25) is 0 Å². The molecular formula is C17H11F6NO3. The molecular weight excluding hydrogens is 380 g/mol. The van der Waals surface area contributed by atoms with E-state index in [1.54, 1.807) is 0 Å². The van der Waals surface area contributed by atoms with E-state index in [0.717, 1.165) is 42.5 Å². The average Bonchev–Trinajstić information content (AvgIpc) is 2.60. The summed E-state index contributed by atoms with van der Waals surface area (Å²) in [5, 5.41) is 21.1. The maximum absolute atomic E-state index is 14.1. The van der Waals surface area contributed by atoms with Crippen LogP contribution in [0.3, 0.4) is 0 Å². The van der Waals surface area contributed by atoms with Gasteiger partial charge in [0.05, 0.1) is 4.92 Å². The van der Waals surface area contributed by atoms with Crippen molar-refractivity contribution in [1.82, 2.24) is 0 Å². The van der Waals surface area contributed by atoms with Crippen molar-refractivity contribution >= 4 is 11.8 Å². The molecule has 0 aromatic heterocycles. The molecule has 4 nitrogen and oxygen atoms in total. The molecule has 2 aromatic carbocycles. The molecule has 0 radical (unpaired) electrons. The molecule has 0 amide bonds. The molecule has 0 aliphatic carbocycles. The van der Waals surface area contributed by atoms with Crippen molar-refractivity contribution in [3.63, 3.8) is 0 Å². The summed E-state index contributed by atoms with van der Waals surface area (Å²) in [5.41, 5.74) is -5.72. The van der Waals surface area contributed by atoms with Gasteiger partial charge in [-0.25, -0.2) is 4.39 Å². The second kappa shape index (κ2) is 7.03. The number of non-ortho nitro benzene ring substituents is 1. The SMILES string of the molecule is O=[N+]([O-])c1cccc(C(O)(/C=C/c2ccc(F)cc2)C(F)(F)C(F)(F)F)c1. The number of hydrogen-bond donors (Lipinski definition) is 1. The van der Waals surface area contributed by atoms with E-state index in [4.69, 9.17) is 0 Å². The van der Waals surface area contributed by atoms with Crippen molar-refractivity contribution in [3.05, 3.63) is 81.7 Å². The number of benzene rings is 2. The van der Waals surface area contributed by atoms with E-state index in [-0.39, 0.29) is 11.6 Å². The predicted octanol–water partition coefficient (Wildman–Crippen LogP) is 4.83. The van der Waals surface area contributed by atoms with Gasteiger partial charge in [-0.2, -0.15) is 22.0 Å². The normalized spacial score (nSPS) is 14.9. The zero-order valence-corrected chi connectivity index (χ0v) is 13.3. The summed E-state index contributed by atoms with van der Waals surface area (Å²) in [6.45, 7) is 0. The Labute approximate surface area is 148 Å². The van der Waals surface area contributed by atoms with Gasteiger partial charge < -0.3 is 5.11 Å². The molecule has 1 N–H and O–H groups in total. The third-order valence-corrected chi connectivity index (χ3v) is 3.72. The highest BCUT2D eigenvalue weighted by atomic mass is 19.4. The highest BCUT2D eigenvalue weighted by molar-refractivity contribution is 5.53. The summed E-state index contributed by atoms with van der Waals surface area (Å²) in [4.78, 5) is 9.80. The lowest BCUT2D eigenvalue weighted by atomic mass is 9.85. The second-order valence-corrected chi connectivity index (χ2v) is 5.53. The van der Waals surface area contributed by atoms with Crippen molar-refractivity contribution < 1.29 is 36.4 Å². The highest BCUT2D eigenvalue weighted by Crippen LogP contribution is 2.49. The minimum atomic E-state index is -6.15. The van der Waals surface area contributed by atoms with Gasteiger partial charge >= 0.3 is 12.1 Å². The number of alkyl halides is 5. The molecule has 0 heterocycles. The van der Waals surface area contributed by atoms with Crippen LogP contribution in [0.15, 0.2) is 54.6 Å². The van der Waals surface area contributed by atoms with E-state index < -0.39 is 39.7 Å². The van der Waals surface area contributed by atoms with Crippen LogP contribution >= 0.6 is 0 Å². The molecule has 27 heavy (non-hydrogen) atoms. The first-order chi connectivity index (χ1) is 12.4. The molecule has 0 aliphatic heterocycles. The maximum atomic E-state index is 14.1. The number of nitro benzene ring substituents is 1. The molecule has 0 aliphatic rings. The van der Waals surface area contributed by atoms with Gasteiger partial charge in [-0.3, -0.25) is 10.1 Å². The molecule has 0 spiro atoms. The summed E-state index contributed by atoms with van der Waals surface area (Å²) >= 11 is 0. The van der Waals surface area contributed by atoms with Gasteiger partial charge in [-0.15, -0.1) is 0 Å². The Balaban J connectivity index is 2.63. The fourth-order valence-corrected chi connectivity index (χ4v) is 2.25. The first-order valence-electron chi connectivity index (χ1n) is 7.25. The van der Waals surface area contributed by atoms with Crippen LogP contribution in [-0.2, 0) is 5.60 Å². The topological polar surface area (TPSA) is 63.4 Å². The Morgan fingerprint density at radius 2 is 1.59 bits per heavy atom. The minimum absolute atomic E-state index is 0.0261. The van der Waals surface area contributed by atoms with Crippen molar-refractivity contribution in [2.75, 3.05) is 0 Å². The molecule has 2 aromatic rings. The number of aliphatic hydroxyl groups is 1. The Hall–Kier alpha value is -2.88. The van der Waals surface area contributed by atoms with Crippen molar-refractivity contribution in [3.8, 4) is 0 Å². The van der Waals surface area contributed by atoms with Crippen molar-refractivity contribution in [2.24, 2.45) is 0 Å². The van der Waals surface area contributed by atoms with Gasteiger partial charge in [0, 0.05) is 17.7 Å². The smallest absolute Gasteiger partial charge is 0.375 e. The number of nitro groups is 1. The molecule has 1 atom stereocenters. The van der Waals surface area contributed by atoms with Crippen molar-refractivity contribution in [2.45, 2.75) is 17.7 Å². The van der Waals surface area contributed by atoms with Crippen LogP contribution in [0.4, 0.5) is 32.0 Å².